The predicted molar refractivity (Wildman–Crippen MR) is 51.5 cm³/mol. The van der Waals surface area contributed by atoms with Crippen molar-refractivity contribution in [2.45, 2.75) is 32.0 Å². The molecule has 0 aromatic heterocycles. The van der Waals surface area contributed by atoms with Gasteiger partial charge >= 0.3 is 5.97 Å². The van der Waals surface area contributed by atoms with Crippen molar-refractivity contribution in [3.05, 3.63) is 0 Å². The highest BCUT2D eigenvalue weighted by Crippen LogP contribution is 1.95. The number of carboxylic acids is 1. The number of nitrogens with two attached hydrogens (primary N) is 1. The van der Waals surface area contributed by atoms with Crippen molar-refractivity contribution < 1.29 is 14.7 Å². The summed E-state index contributed by atoms with van der Waals surface area (Å²) in [7, 11) is 0. The van der Waals surface area contributed by atoms with Crippen LogP contribution in [0.2, 0.25) is 0 Å². The van der Waals surface area contributed by atoms with Gasteiger partial charge in [0.1, 0.15) is 6.04 Å². The van der Waals surface area contributed by atoms with Crippen LogP contribution < -0.4 is 16.4 Å². The summed E-state index contributed by atoms with van der Waals surface area (Å²) in [6.45, 7) is 2.44. The van der Waals surface area contributed by atoms with Crippen LogP contribution in [0.5, 0.6) is 0 Å². The lowest BCUT2D eigenvalue weighted by Gasteiger charge is -2.12. The third-order valence-corrected chi connectivity index (χ3v) is 1.70. The Morgan fingerprint density at radius 1 is 1.64 bits per heavy atom. The van der Waals surface area contributed by atoms with E-state index >= 15 is 0 Å². The van der Waals surface area contributed by atoms with Gasteiger partial charge in [0.25, 0.3) is 0 Å². The first-order valence-electron chi connectivity index (χ1n) is 4.49. The maximum Gasteiger partial charge on any atom is 0.326 e. The molecule has 2 atom stereocenters. The minimum Gasteiger partial charge on any atom is -0.480 e. The highest BCUT2D eigenvalue weighted by molar-refractivity contribution is 5.76. The van der Waals surface area contributed by atoms with Crippen LogP contribution in [0, 0.1) is 0 Å². The molecule has 0 aromatic rings. The van der Waals surface area contributed by atoms with E-state index < -0.39 is 12.0 Å². The van der Waals surface area contributed by atoms with E-state index in [0.29, 0.717) is 25.8 Å². The molecule has 6 nitrogen and oxygen atoms in total. The van der Waals surface area contributed by atoms with Gasteiger partial charge < -0.3 is 21.5 Å². The lowest BCUT2D eigenvalue weighted by Crippen LogP contribution is -2.38. The summed E-state index contributed by atoms with van der Waals surface area (Å²) in [5.41, 5.74) is 5.43. The molecule has 0 aliphatic heterocycles. The van der Waals surface area contributed by atoms with Crippen molar-refractivity contribution in [1.29, 1.82) is 0 Å². The van der Waals surface area contributed by atoms with Gasteiger partial charge in [0.15, 0.2) is 0 Å². The lowest BCUT2D eigenvalue weighted by molar-refractivity contribution is -0.140. The third-order valence-electron chi connectivity index (χ3n) is 1.70. The van der Waals surface area contributed by atoms with E-state index in [-0.39, 0.29) is 6.17 Å². The number of carboxylic acid groups (broad SMARTS) is 1. The summed E-state index contributed by atoms with van der Waals surface area (Å²) in [6.07, 6.45) is 1.35. The minimum atomic E-state index is -1.02. The molecule has 0 rings (SSSR count). The molecular weight excluding hydrogens is 186 g/mol. The van der Waals surface area contributed by atoms with Crippen molar-refractivity contribution in [2.75, 3.05) is 6.54 Å². The standard InChI is InChI=1S/C8H17N3O3/c1-6(9)10-4-2-3-7(8(13)14)11-5-12/h5-7,10H,2-4,9H2,1H3,(H,11,12)(H,13,14). The van der Waals surface area contributed by atoms with Gasteiger partial charge in [0.2, 0.25) is 6.41 Å². The molecule has 82 valence electrons. The zero-order valence-electron chi connectivity index (χ0n) is 8.19. The first-order chi connectivity index (χ1) is 6.57. The second-order valence-corrected chi connectivity index (χ2v) is 3.06. The van der Waals surface area contributed by atoms with E-state index in [1.807, 2.05) is 0 Å². The molecule has 0 spiro atoms. The summed E-state index contributed by atoms with van der Waals surface area (Å²) in [5, 5.41) is 13.8. The molecule has 0 saturated heterocycles. The summed E-state index contributed by atoms with van der Waals surface area (Å²) >= 11 is 0. The van der Waals surface area contributed by atoms with Crippen molar-refractivity contribution >= 4 is 12.4 Å². The molecule has 14 heavy (non-hydrogen) atoms. The third kappa shape index (κ3) is 6.38. The molecule has 0 fully saturated rings. The Morgan fingerprint density at radius 3 is 2.71 bits per heavy atom. The first kappa shape index (κ1) is 12.9. The van der Waals surface area contributed by atoms with Crippen LogP contribution in [0.3, 0.4) is 0 Å². The molecule has 0 aliphatic carbocycles. The van der Waals surface area contributed by atoms with Gasteiger partial charge in [-0.05, 0) is 26.3 Å². The van der Waals surface area contributed by atoms with Crippen molar-refractivity contribution in [3.8, 4) is 0 Å². The van der Waals surface area contributed by atoms with Crippen molar-refractivity contribution in [3.63, 3.8) is 0 Å². The molecule has 0 saturated carbocycles. The number of nitrogens with one attached hydrogen (secondary N) is 2. The number of rotatable bonds is 8. The molecule has 0 bridgehead atoms. The van der Waals surface area contributed by atoms with E-state index in [1.54, 1.807) is 6.92 Å². The van der Waals surface area contributed by atoms with Gasteiger partial charge in [-0.3, -0.25) is 4.79 Å². The van der Waals surface area contributed by atoms with E-state index in [4.69, 9.17) is 10.8 Å². The van der Waals surface area contributed by atoms with Crippen molar-refractivity contribution in [1.82, 2.24) is 10.6 Å². The molecule has 6 heteroatoms. The maximum atomic E-state index is 10.6. The van der Waals surface area contributed by atoms with E-state index in [2.05, 4.69) is 10.6 Å². The molecule has 0 radical (unpaired) electrons. The predicted octanol–water partition coefficient (Wildman–Crippen LogP) is -1.14. The number of amides is 1. The Bertz CT molecular complexity index is 185. The smallest absolute Gasteiger partial charge is 0.326 e. The van der Waals surface area contributed by atoms with Gasteiger partial charge in [0, 0.05) is 0 Å². The molecule has 2 unspecified atom stereocenters. The average Bonchev–Trinajstić information content (AvgIpc) is 2.09. The SMILES string of the molecule is CC(N)NCCCC(NC=O)C(=O)O. The fourth-order valence-electron chi connectivity index (χ4n) is 0.996. The summed E-state index contributed by atoms with van der Waals surface area (Å²) in [6, 6.07) is -0.803. The Labute approximate surface area is 82.9 Å². The second kappa shape index (κ2) is 7.28. The number of hydrogen-bond acceptors (Lipinski definition) is 4. The highest BCUT2D eigenvalue weighted by Gasteiger charge is 2.14. The van der Waals surface area contributed by atoms with E-state index in [1.165, 1.54) is 0 Å². The Hall–Kier alpha value is -1.14. The fourth-order valence-corrected chi connectivity index (χ4v) is 0.996. The zero-order chi connectivity index (χ0) is 11.0. The maximum absolute atomic E-state index is 10.6. The zero-order valence-corrected chi connectivity index (χ0v) is 8.19. The highest BCUT2D eigenvalue weighted by atomic mass is 16.4. The van der Waals surface area contributed by atoms with Gasteiger partial charge in [-0.2, -0.15) is 0 Å². The van der Waals surface area contributed by atoms with E-state index in [9.17, 15) is 9.59 Å². The number of hydrogen-bond donors (Lipinski definition) is 4. The Morgan fingerprint density at radius 2 is 2.29 bits per heavy atom. The number of aliphatic carboxylic acids is 1. The molecule has 0 heterocycles. The van der Waals surface area contributed by atoms with Crippen LogP contribution >= 0.6 is 0 Å². The first-order valence-corrected chi connectivity index (χ1v) is 4.49. The summed E-state index contributed by atoms with van der Waals surface area (Å²) < 4.78 is 0. The number of carbonyl (C=O) groups excluding carboxylic acids is 1. The van der Waals surface area contributed by atoms with E-state index in [0.717, 1.165) is 0 Å². The topological polar surface area (TPSA) is 104 Å². The van der Waals surface area contributed by atoms with Crippen LogP contribution in [0.4, 0.5) is 0 Å². The Balaban J connectivity index is 3.61. The molecule has 0 aromatic carbocycles. The van der Waals surface area contributed by atoms with Gasteiger partial charge in [-0.15, -0.1) is 0 Å². The van der Waals surface area contributed by atoms with Crippen LogP contribution in [-0.4, -0.2) is 36.2 Å². The lowest BCUT2D eigenvalue weighted by atomic mass is 10.1. The molecule has 1 amide bonds. The quantitative estimate of drug-likeness (QED) is 0.227. The monoisotopic (exact) mass is 203 g/mol. The molecule has 5 N–H and O–H groups in total. The van der Waals surface area contributed by atoms with Crippen LogP contribution in [0.15, 0.2) is 0 Å². The van der Waals surface area contributed by atoms with Crippen LogP contribution in [0.1, 0.15) is 19.8 Å². The van der Waals surface area contributed by atoms with Crippen molar-refractivity contribution in [2.24, 2.45) is 5.73 Å². The van der Waals surface area contributed by atoms with Gasteiger partial charge in [-0.1, -0.05) is 0 Å². The summed E-state index contributed by atoms with van der Waals surface area (Å²) in [5.74, 6) is -1.02. The van der Waals surface area contributed by atoms with Crippen LogP contribution in [0.25, 0.3) is 0 Å². The largest absolute Gasteiger partial charge is 0.480 e. The Kier molecular flexibility index (Phi) is 6.69. The number of carbonyl (C=O) groups is 2. The second-order valence-electron chi connectivity index (χ2n) is 3.06. The normalized spacial score (nSPS) is 14.4. The van der Waals surface area contributed by atoms with Gasteiger partial charge in [-0.25, -0.2) is 4.79 Å². The fraction of sp³-hybridized carbons (Fsp3) is 0.750. The molecule has 0 aliphatic rings. The summed E-state index contributed by atoms with van der Waals surface area (Å²) in [4.78, 5) is 20.6. The minimum absolute atomic E-state index is 0.0997. The average molecular weight is 203 g/mol. The molecular formula is C8H17N3O3. The van der Waals surface area contributed by atoms with Crippen LogP contribution in [-0.2, 0) is 9.59 Å². The van der Waals surface area contributed by atoms with Gasteiger partial charge in [0.05, 0.1) is 6.17 Å².